The predicted octanol–water partition coefficient (Wildman–Crippen LogP) is 6.03. The Morgan fingerprint density at radius 1 is 0.943 bits per heavy atom. The molecule has 1 aliphatic heterocycles. The predicted molar refractivity (Wildman–Crippen MR) is 143 cm³/mol. The monoisotopic (exact) mass is 504 g/mol. The number of rotatable bonds is 6. The largest absolute Gasteiger partial charge is 0.497 e. The molecule has 6 nitrogen and oxygen atoms in total. The summed E-state index contributed by atoms with van der Waals surface area (Å²) in [4.78, 5) is 6.76. The van der Waals surface area contributed by atoms with Crippen LogP contribution in [0.2, 0.25) is 5.02 Å². The molecule has 0 spiro atoms. The van der Waals surface area contributed by atoms with Crippen molar-refractivity contribution in [3.05, 3.63) is 101 Å². The molecule has 5 rings (SSSR count). The SMILES string of the molecule is COc1ccc(-n2c(C)ccc2[C@H]2[C@H](c3ccccn3)NC(=S)N2c2ccc(OC)c(Cl)c2)cc1. The summed E-state index contributed by atoms with van der Waals surface area (Å²) in [6.07, 6.45) is 1.80. The van der Waals surface area contributed by atoms with Crippen LogP contribution in [0.1, 0.15) is 29.2 Å². The number of halogens is 1. The molecule has 0 saturated carbocycles. The molecule has 1 fully saturated rings. The highest BCUT2D eigenvalue weighted by atomic mass is 35.5. The molecule has 2 atom stereocenters. The molecule has 1 saturated heterocycles. The third kappa shape index (κ3) is 4.22. The third-order valence-electron chi connectivity index (χ3n) is 6.25. The van der Waals surface area contributed by atoms with Crippen molar-refractivity contribution >= 4 is 34.6 Å². The molecule has 0 radical (unpaired) electrons. The summed E-state index contributed by atoms with van der Waals surface area (Å²) in [7, 11) is 3.27. The molecule has 35 heavy (non-hydrogen) atoms. The zero-order chi connectivity index (χ0) is 24.5. The molecule has 3 heterocycles. The first-order chi connectivity index (χ1) is 17.0. The van der Waals surface area contributed by atoms with Gasteiger partial charge in [-0.05, 0) is 85.9 Å². The Balaban J connectivity index is 1.68. The van der Waals surface area contributed by atoms with Crippen molar-refractivity contribution in [1.82, 2.24) is 14.9 Å². The zero-order valence-corrected chi connectivity index (χ0v) is 21.2. The van der Waals surface area contributed by atoms with E-state index in [0.29, 0.717) is 15.9 Å². The van der Waals surface area contributed by atoms with E-state index in [-0.39, 0.29) is 12.1 Å². The van der Waals surface area contributed by atoms with Gasteiger partial charge >= 0.3 is 0 Å². The van der Waals surface area contributed by atoms with Crippen molar-refractivity contribution in [3.63, 3.8) is 0 Å². The smallest absolute Gasteiger partial charge is 0.174 e. The molecule has 2 aromatic carbocycles. The van der Waals surface area contributed by atoms with Crippen molar-refractivity contribution < 1.29 is 9.47 Å². The first-order valence-corrected chi connectivity index (χ1v) is 12.0. The van der Waals surface area contributed by atoms with Crippen molar-refractivity contribution in [2.45, 2.75) is 19.0 Å². The molecular formula is C27H25ClN4O2S. The fourth-order valence-corrected chi connectivity index (χ4v) is 5.21. The minimum absolute atomic E-state index is 0.170. The van der Waals surface area contributed by atoms with Crippen LogP contribution >= 0.6 is 23.8 Å². The summed E-state index contributed by atoms with van der Waals surface area (Å²) in [5.41, 5.74) is 4.99. The minimum atomic E-state index is -0.183. The van der Waals surface area contributed by atoms with Crippen LogP contribution in [-0.4, -0.2) is 28.9 Å². The number of hydrogen-bond donors (Lipinski definition) is 1. The summed E-state index contributed by atoms with van der Waals surface area (Å²) in [6.45, 7) is 2.10. The summed E-state index contributed by atoms with van der Waals surface area (Å²) >= 11 is 12.4. The number of anilines is 1. The van der Waals surface area contributed by atoms with E-state index < -0.39 is 0 Å². The fraction of sp³-hybridized carbons (Fsp3) is 0.185. The van der Waals surface area contributed by atoms with E-state index in [1.807, 2.05) is 48.5 Å². The van der Waals surface area contributed by atoms with Gasteiger partial charge in [-0.25, -0.2) is 0 Å². The quantitative estimate of drug-likeness (QED) is 0.324. The first-order valence-electron chi connectivity index (χ1n) is 11.2. The number of ether oxygens (including phenoxy) is 2. The van der Waals surface area contributed by atoms with Crippen LogP contribution in [0.4, 0.5) is 5.69 Å². The van der Waals surface area contributed by atoms with Gasteiger partial charge in [-0.15, -0.1) is 0 Å². The van der Waals surface area contributed by atoms with Crippen LogP contribution in [0, 0.1) is 6.92 Å². The number of methoxy groups -OCH3 is 2. The van der Waals surface area contributed by atoms with Crippen LogP contribution in [0.3, 0.4) is 0 Å². The summed E-state index contributed by atoms with van der Waals surface area (Å²) in [5, 5.41) is 4.64. The third-order valence-corrected chi connectivity index (χ3v) is 6.86. The van der Waals surface area contributed by atoms with E-state index in [0.717, 1.165) is 34.2 Å². The molecule has 0 unspecified atom stereocenters. The number of thiocarbonyl (C=S) groups is 1. The highest BCUT2D eigenvalue weighted by Crippen LogP contribution is 2.44. The molecule has 8 heteroatoms. The van der Waals surface area contributed by atoms with Gasteiger partial charge in [-0.2, -0.15) is 0 Å². The molecular weight excluding hydrogens is 480 g/mol. The zero-order valence-electron chi connectivity index (χ0n) is 19.6. The van der Waals surface area contributed by atoms with Gasteiger partial charge in [0, 0.05) is 29.0 Å². The number of pyridine rings is 1. The van der Waals surface area contributed by atoms with E-state index in [1.165, 1.54) is 0 Å². The second-order valence-corrected chi connectivity index (χ2v) is 9.04. The van der Waals surface area contributed by atoms with Gasteiger partial charge in [0.15, 0.2) is 5.11 Å². The summed E-state index contributed by atoms with van der Waals surface area (Å²) < 4.78 is 13.0. The molecule has 0 bridgehead atoms. The Morgan fingerprint density at radius 3 is 2.37 bits per heavy atom. The Hall–Kier alpha value is -3.55. The Bertz CT molecular complexity index is 1360. The average molecular weight is 505 g/mol. The van der Waals surface area contributed by atoms with Crippen molar-refractivity contribution in [2.24, 2.45) is 0 Å². The van der Waals surface area contributed by atoms with Crippen LogP contribution < -0.4 is 19.7 Å². The maximum absolute atomic E-state index is 6.52. The topological polar surface area (TPSA) is 51.5 Å². The number of aromatic nitrogens is 2. The van der Waals surface area contributed by atoms with Crippen molar-refractivity contribution in [2.75, 3.05) is 19.1 Å². The van der Waals surface area contributed by atoms with Gasteiger partial charge in [-0.3, -0.25) is 4.98 Å². The maximum atomic E-state index is 6.52. The van der Waals surface area contributed by atoms with E-state index in [1.54, 1.807) is 20.4 Å². The van der Waals surface area contributed by atoms with E-state index in [2.05, 4.69) is 51.0 Å². The maximum Gasteiger partial charge on any atom is 0.174 e. The first kappa shape index (κ1) is 23.2. The highest BCUT2D eigenvalue weighted by molar-refractivity contribution is 7.80. The van der Waals surface area contributed by atoms with Crippen molar-refractivity contribution in [3.8, 4) is 17.2 Å². The number of aryl methyl sites for hydroxylation is 1. The summed E-state index contributed by atoms with van der Waals surface area (Å²) in [5.74, 6) is 1.42. The number of benzene rings is 2. The lowest BCUT2D eigenvalue weighted by molar-refractivity contribution is 0.414. The van der Waals surface area contributed by atoms with Gasteiger partial charge in [0.1, 0.15) is 17.5 Å². The normalized spacial score (nSPS) is 17.4. The minimum Gasteiger partial charge on any atom is -0.497 e. The van der Waals surface area contributed by atoms with Gasteiger partial charge in [0.25, 0.3) is 0 Å². The van der Waals surface area contributed by atoms with E-state index in [4.69, 9.17) is 33.3 Å². The Morgan fingerprint density at radius 2 is 1.71 bits per heavy atom. The molecule has 178 valence electrons. The lowest BCUT2D eigenvalue weighted by Crippen LogP contribution is -2.30. The summed E-state index contributed by atoms with van der Waals surface area (Å²) in [6, 6.07) is 23.6. The van der Waals surface area contributed by atoms with Crippen molar-refractivity contribution in [1.29, 1.82) is 0 Å². The van der Waals surface area contributed by atoms with Crippen LogP contribution in [-0.2, 0) is 0 Å². The molecule has 0 amide bonds. The van der Waals surface area contributed by atoms with Gasteiger partial charge in [-0.1, -0.05) is 17.7 Å². The van der Waals surface area contributed by atoms with Crippen LogP contribution in [0.15, 0.2) is 79.0 Å². The Kier molecular flexibility index (Phi) is 6.36. The van der Waals surface area contributed by atoms with Crippen LogP contribution in [0.5, 0.6) is 11.5 Å². The van der Waals surface area contributed by atoms with Gasteiger partial charge in [0.2, 0.25) is 0 Å². The van der Waals surface area contributed by atoms with Crippen LogP contribution in [0.25, 0.3) is 5.69 Å². The number of hydrogen-bond acceptors (Lipinski definition) is 4. The average Bonchev–Trinajstić information content (AvgIpc) is 3.43. The standard InChI is InChI=1S/C27H25ClN4O2S/c1-17-7-13-23(31(17)18-8-11-20(33-2)12-9-18)26-25(22-6-4-5-15-29-22)30-27(35)32(26)19-10-14-24(34-3)21(28)16-19/h4-16,25-26H,1-3H3,(H,30,35)/t25-,26-/m0/s1. The molecule has 1 N–H and O–H groups in total. The second kappa shape index (κ2) is 9.60. The van der Waals surface area contributed by atoms with Gasteiger partial charge in [0.05, 0.1) is 31.0 Å². The number of nitrogens with one attached hydrogen (secondary N) is 1. The lowest BCUT2D eigenvalue weighted by Gasteiger charge is -2.29. The van der Waals surface area contributed by atoms with E-state index in [9.17, 15) is 0 Å². The van der Waals surface area contributed by atoms with Gasteiger partial charge < -0.3 is 24.3 Å². The molecule has 4 aromatic rings. The molecule has 0 aliphatic carbocycles. The highest BCUT2D eigenvalue weighted by Gasteiger charge is 2.42. The fourth-order valence-electron chi connectivity index (χ4n) is 4.61. The Labute approximate surface area is 215 Å². The molecule has 1 aliphatic rings. The van der Waals surface area contributed by atoms with E-state index >= 15 is 0 Å². The lowest BCUT2D eigenvalue weighted by atomic mass is 10.0. The second-order valence-electron chi connectivity index (χ2n) is 8.25. The number of nitrogens with zero attached hydrogens (tertiary/aromatic N) is 3. The molecule has 2 aromatic heterocycles.